The van der Waals surface area contributed by atoms with Gasteiger partial charge in [-0.05, 0) is 25.7 Å². The summed E-state index contributed by atoms with van der Waals surface area (Å²) in [5, 5.41) is 9.59. The lowest BCUT2D eigenvalue weighted by atomic mass is 9.93. The van der Waals surface area contributed by atoms with Crippen LogP contribution in [0.4, 0.5) is 0 Å². The summed E-state index contributed by atoms with van der Waals surface area (Å²) in [5.74, 6) is -0.226. The summed E-state index contributed by atoms with van der Waals surface area (Å²) in [5.41, 5.74) is 5.83. The fourth-order valence-corrected chi connectivity index (χ4v) is 4.15. The Morgan fingerprint density at radius 1 is 1.25 bits per heavy atom. The smallest absolute Gasteiger partial charge is 0.155 e. The molecule has 4 unspecified atom stereocenters. The van der Waals surface area contributed by atoms with E-state index in [0.717, 1.165) is 25.7 Å². The highest BCUT2D eigenvalue weighted by molar-refractivity contribution is 7.91. The number of aliphatic hydroxyl groups excluding tert-OH is 1. The van der Waals surface area contributed by atoms with Crippen LogP contribution in [0.2, 0.25) is 0 Å². The van der Waals surface area contributed by atoms with Gasteiger partial charge in [0.25, 0.3) is 0 Å². The third-order valence-corrected chi connectivity index (χ3v) is 4.99. The fraction of sp³-hybridized carbons (Fsp3) is 1.00. The molecule has 0 radical (unpaired) electrons. The molecule has 2 aliphatic rings. The molecular weight excluding hydrogens is 230 g/mol. The molecule has 94 valence electrons. The van der Waals surface area contributed by atoms with Gasteiger partial charge in [-0.25, -0.2) is 8.42 Å². The highest BCUT2D eigenvalue weighted by Crippen LogP contribution is 2.24. The van der Waals surface area contributed by atoms with Gasteiger partial charge in [0.1, 0.15) is 0 Å². The molecule has 6 heteroatoms. The van der Waals surface area contributed by atoms with Crippen molar-refractivity contribution in [3.05, 3.63) is 0 Å². The second kappa shape index (κ2) is 4.60. The van der Waals surface area contributed by atoms with E-state index in [0.29, 0.717) is 0 Å². The van der Waals surface area contributed by atoms with Crippen LogP contribution in [-0.4, -0.2) is 49.4 Å². The van der Waals surface area contributed by atoms with E-state index < -0.39 is 22.0 Å². The highest BCUT2D eigenvalue weighted by Gasteiger charge is 2.39. The van der Waals surface area contributed by atoms with Crippen molar-refractivity contribution in [3.63, 3.8) is 0 Å². The maximum Gasteiger partial charge on any atom is 0.155 e. The minimum absolute atomic E-state index is 0.0108. The molecule has 1 heterocycles. The number of hydrogen-bond acceptors (Lipinski definition) is 5. The van der Waals surface area contributed by atoms with Crippen molar-refractivity contribution in [2.75, 3.05) is 11.5 Å². The lowest BCUT2D eigenvalue weighted by molar-refractivity contribution is -0.0666. The zero-order valence-electron chi connectivity index (χ0n) is 9.21. The van der Waals surface area contributed by atoms with Gasteiger partial charge >= 0.3 is 0 Å². The highest BCUT2D eigenvalue weighted by atomic mass is 32.2. The van der Waals surface area contributed by atoms with E-state index in [9.17, 15) is 13.5 Å². The number of ether oxygens (including phenoxy) is 1. The van der Waals surface area contributed by atoms with Crippen molar-refractivity contribution in [1.82, 2.24) is 0 Å². The molecular formula is C10H19NO4S. The average Bonchev–Trinajstić information content (AvgIpc) is 2.39. The van der Waals surface area contributed by atoms with E-state index in [2.05, 4.69) is 0 Å². The monoisotopic (exact) mass is 249 g/mol. The molecule has 1 saturated heterocycles. The number of sulfone groups is 1. The largest absolute Gasteiger partial charge is 0.389 e. The van der Waals surface area contributed by atoms with Crippen molar-refractivity contribution in [2.45, 2.75) is 50.0 Å². The maximum absolute atomic E-state index is 11.3. The number of nitrogens with two attached hydrogens (primary N) is 1. The molecule has 0 spiro atoms. The molecule has 2 fully saturated rings. The molecule has 4 atom stereocenters. The Hall–Kier alpha value is -0.170. The molecule has 0 aromatic rings. The van der Waals surface area contributed by atoms with Gasteiger partial charge in [0.2, 0.25) is 0 Å². The summed E-state index contributed by atoms with van der Waals surface area (Å²) in [6.45, 7) is 0. The first kappa shape index (κ1) is 12.3. The lowest BCUT2D eigenvalue weighted by Gasteiger charge is -2.29. The second-order valence-electron chi connectivity index (χ2n) is 4.87. The first-order chi connectivity index (χ1) is 7.46. The van der Waals surface area contributed by atoms with Gasteiger partial charge in [-0.15, -0.1) is 0 Å². The first-order valence-corrected chi connectivity index (χ1v) is 7.58. The Bertz CT molecular complexity index is 343. The van der Waals surface area contributed by atoms with E-state index in [4.69, 9.17) is 10.5 Å². The van der Waals surface area contributed by atoms with Gasteiger partial charge in [-0.3, -0.25) is 0 Å². The molecule has 2 rings (SSSR count). The number of hydrogen-bond donors (Lipinski definition) is 2. The van der Waals surface area contributed by atoms with E-state index in [1.165, 1.54) is 0 Å². The van der Waals surface area contributed by atoms with Crippen molar-refractivity contribution >= 4 is 9.84 Å². The molecule has 16 heavy (non-hydrogen) atoms. The predicted octanol–water partition coefficient (Wildman–Crippen LogP) is -0.569. The summed E-state index contributed by atoms with van der Waals surface area (Å²) in [4.78, 5) is 0. The molecule has 1 aliphatic heterocycles. The Balaban J connectivity index is 1.90. The normalized spacial score (nSPS) is 43.4. The molecule has 0 aromatic carbocycles. The van der Waals surface area contributed by atoms with Gasteiger partial charge in [0.15, 0.2) is 9.84 Å². The molecule has 1 aliphatic carbocycles. The third kappa shape index (κ3) is 2.94. The topological polar surface area (TPSA) is 89.6 Å². The molecule has 5 nitrogen and oxygen atoms in total. The van der Waals surface area contributed by atoms with Crippen LogP contribution in [0.25, 0.3) is 0 Å². The minimum Gasteiger partial charge on any atom is -0.389 e. The van der Waals surface area contributed by atoms with Gasteiger partial charge in [-0.1, -0.05) is 0 Å². The quantitative estimate of drug-likeness (QED) is 0.684. The summed E-state index contributed by atoms with van der Waals surface area (Å²) in [7, 11) is -3.12. The van der Waals surface area contributed by atoms with Crippen LogP contribution in [0.3, 0.4) is 0 Å². The lowest BCUT2D eigenvalue weighted by Crippen LogP contribution is -2.37. The fourth-order valence-electron chi connectivity index (χ4n) is 2.48. The van der Waals surface area contributed by atoms with Crippen molar-refractivity contribution in [3.8, 4) is 0 Å². The van der Waals surface area contributed by atoms with Crippen LogP contribution in [0.1, 0.15) is 25.7 Å². The van der Waals surface area contributed by atoms with Gasteiger partial charge < -0.3 is 15.6 Å². The average molecular weight is 249 g/mol. The van der Waals surface area contributed by atoms with Crippen molar-refractivity contribution in [2.24, 2.45) is 5.73 Å². The third-order valence-electron chi connectivity index (χ3n) is 3.31. The minimum atomic E-state index is -3.12. The Morgan fingerprint density at radius 2 is 2.00 bits per heavy atom. The van der Waals surface area contributed by atoms with Gasteiger partial charge in [-0.2, -0.15) is 0 Å². The molecule has 0 bridgehead atoms. The molecule has 0 aromatic heterocycles. The molecule has 1 saturated carbocycles. The van der Waals surface area contributed by atoms with Crippen LogP contribution in [0, 0.1) is 0 Å². The van der Waals surface area contributed by atoms with Crippen LogP contribution < -0.4 is 5.73 Å². The summed E-state index contributed by atoms with van der Waals surface area (Å²) in [6.07, 6.45) is 2.28. The van der Waals surface area contributed by atoms with Gasteiger partial charge in [0, 0.05) is 6.04 Å². The zero-order chi connectivity index (χ0) is 11.8. The zero-order valence-corrected chi connectivity index (χ0v) is 10.0. The Morgan fingerprint density at radius 3 is 2.56 bits per heavy atom. The molecule has 0 amide bonds. The SMILES string of the molecule is NC1CCCC(OC2CS(=O)(=O)CC2O)C1. The van der Waals surface area contributed by atoms with Crippen LogP contribution in [0.5, 0.6) is 0 Å². The second-order valence-corrected chi connectivity index (χ2v) is 7.02. The van der Waals surface area contributed by atoms with Crippen LogP contribution in [-0.2, 0) is 14.6 Å². The van der Waals surface area contributed by atoms with Crippen LogP contribution >= 0.6 is 0 Å². The van der Waals surface area contributed by atoms with E-state index in [-0.39, 0.29) is 23.7 Å². The predicted molar refractivity (Wildman–Crippen MR) is 59.8 cm³/mol. The molecule has 3 N–H and O–H groups in total. The van der Waals surface area contributed by atoms with Crippen molar-refractivity contribution < 1.29 is 18.3 Å². The summed E-state index contributed by atoms with van der Waals surface area (Å²) < 4.78 is 28.2. The van der Waals surface area contributed by atoms with E-state index >= 15 is 0 Å². The summed E-state index contributed by atoms with van der Waals surface area (Å²) in [6, 6.07) is 0.147. The van der Waals surface area contributed by atoms with Crippen LogP contribution in [0.15, 0.2) is 0 Å². The standard InChI is InChI=1S/C10H19NO4S/c11-7-2-1-3-8(4-7)15-10-6-16(13,14)5-9(10)12/h7-10,12H,1-6,11H2. The van der Waals surface area contributed by atoms with E-state index in [1.807, 2.05) is 0 Å². The maximum atomic E-state index is 11.3. The van der Waals surface area contributed by atoms with Crippen molar-refractivity contribution in [1.29, 1.82) is 0 Å². The first-order valence-electron chi connectivity index (χ1n) is 5.76. The number of aliphatic hydroxyl groups is 1. The summed E-state index contributed by atoms with van der Waals surface area (Å²) >= 11 is 0. The Labute approximate surface area is 95.9 Å². The Kier molecular flexibility index (Phi) is 3.53. The van der Waals surface area contributed by atoms with Gasteiger partial charge in [0.05, 0.1) is 29.8 Å². The van der Waals surface area contributed by atoms with E-state index in [1.54, 1.807) is 0 Å². The number of rotatable bonds is 2.